The Bertz CT molecular complexity index is 367. The first-order valence-electron chi connectivity index (χ1n) is 3.89. The average molecular weight is 182 g/mol. The maximum atomic E-state index is 12.9. The molecule has 0 fully saturated rings. The van der Waals surface area contributed by atoms with Crippen LogP contribution < -0.4 is 5.12 Å². The molecule has 0 unspecified atom stereocenters. The third kappa shape index (κ3) is 1.22. The first-order chi connectivity index (χ1) is 6.18. The van der Waals surface area contributed by atoms with Gasteiger partial charge < -0.3 is 0 Å². The standard InChI is InChI=1S/C8H7FN2O2/c9-10-4-3-6-5-7(11(12)13)1-2-8(6)10/h1-2,5H,3-4H2. The zero-order valence-electron chi connectivity index (χ0n) is 6.74. The van der Waals surface area contributed by atoms with Crippen LogP contribution in [-0.2, 0) is 6.42 Å². The summed E-state index contributed by atoms with van der Waals surface area (Å²) in [6, 6.07) is 4.19. The Morgan fingerprint density at radius 2 is 2.31 bits per heavy atom. The van der Waals surface area contributed by atoms with Gasteiger partial charge >= 0.3 is 0 Å². The number of hydrogen-bond acceptors (Lipinski definition) is 3. The van der Waals surface area contributed by atoms with Crippen molar-refractivity contribution in [2.24, 2.45) is 0 Å². The van der Waals surface area contributed by atoms with Crippen LogP contribution in [0.3, 0.4) is 0 Å². The lowest BCUT2D eigenvalue weighted by molar-refractivity contribution is -0.384. The minimum Gasteiger partial charge on any atom is -0.258 e. The highest BCUT2D eigenvalue weighted by atomic mass is 19.2. The predicted octanol–water partition coefficient (Wildman–Crippen LogP) is 1.84. The molecule has 0 radical (unpaired) electrons. The second-order valence-electron chi connectivity index (χ2n) is 2.91. The number of nitro groups is 1. The molecule has 13 heavy (non-hydrogen) atoms. The number of halogens is 1. The quantitative estimate of drug-likeness (QED) is 0.378. The van der Waals surface area contributed by atoms with Gasteiger partial charge in [0, 0.05) is 12.1 Å². The molecule has 0 aliphatic carbocycles. The monoisotopic (exact) mass is 182 g/mol. The second kappa shape index (κ2) is 2.69. The smallest absolute Gasteiger partial charge is 0.258 e. The van der Waals surface area contributed by atoms with Crippen LogP contribution >= 0.6 is 0 Å². The van der Waals surface area contributed by atoms with Gasteiger partial charge in [-0.05, 0) is 18.1 Å². The van der Waals surface area contributed by atoms with Crippen molar-refractivity contribution in [3.63, 3.8) is 0 Å². The molecule has 0 atom stereocenters. The van der Waals surface area contributed by atoms with Crippen molar-refractivity contribution in [3.05, 3.63) is 33.9 Å². The summed E-state index contributed by atoms with van der Waals surface area (Å²) in [5.74, 6) is 0. The molecule has 2 rings (SSSR count). The Balaban J connectivity index is 2.45. The van der Waals surface area contributed by atoms with Crippen LogP contribution in [0.5, 0.6) is 0 Å². The van der Waals surface area contributed by atoms with Gasteiger partial charge in [-0.3, -0.25) is 10.1 Å². The molecule has 1 aromatic rings. The molecule has 1 heterocycles. The summed E-state index contributed by atoms with van der Waals surface area (Å²) in [4.78, 5) is 9.91. The number of fused-ring (bicyclic) bond motifs is 1. The molecule has 4 nitrogen and oxygen atoms in total. The summed E-state index contributed by atoms with van der Waals surface area (Å²) in [6.07, 6.45) is 0.535. The lowest BCUT2D eigenvalue weighted by Crippen LogP contribution is -2.05. The van der Waals surface area contributed by atoms with Gasteiger partial charge in [-0.1, -0.05) is 4.48 Å². The molecule has 0 saturated carbocycles. The van der Waals surface area contributed by atoms with Gasteiger partial charge in [0.1, 0.15) is 0 Å². The third-order valence-electron chi connectivity index (χ3n) is 2.11. The number of anilines is 1. The minimum atomic E-state index is -0.471. The third-order valence-corrected chi connectivity index (χ3v) is 2.11. The van der Waals surface area contributed by atoms with E-state index in [2.05, 4.69) is 0 Å². The van der Waals surface area contributed by atoms with Gasteiger partial charge in [-0.25, -0.2) is 5.12 Å². The van der Waals surface area contributed by atoms with Crippen LogP contribution in [0.4, 0.5) is 15.9 Å². The van der Waals surface area contributed by atoms with E-state index < -0.39 is 4.92 Å². The topological polar surface area (TPSA) is 46.4 Å². The van der Waals surface area contributed by atoms with E-state index >= 15 is 0 Å². The van der Waals surface area contributed by atoms with Crippen LogP contribution in [0.2, 0.25) is 0 Å². The Morgan fingerprint density at radius 3 is 3.00 bits per heavy atom. The summed E-state index contributed by atoms with van der Waals surface area (Å²) < 4.78 is 12.9. The van der Waals surface area contributed by atoms with Crippen molar-refractivity contribution >= 4 is 11.4 Å². The zero-order chi connectivity index (χ0) is 9.42. The minimum absolute atomic E-state index is 0.0223. The van der Waals surface area contributed by atoms with Crippen LogP contribution in [0.1, 0.15) is 5.56 Å². The summed E-state index contributed by atoms with van der Waals surface area (Å²) in [6.45, 7) is 0.288. The molecular weight excluding hydrogens is 175 g/mol. The molecule has 0 bridgehead atoms. The van der Waals surface area contributed by atoms with E-state index in [-0.39, 0.29) is 12.2 Å². The summed E-state index contributed by atoms with van der Waals surface area (Å²) in [5.41, 5.74) is 1.18. The van der Waals surface area contributed by atoms with Gasteiger partial charge in [-0.2, -0.15) is 0 Å². The SMILES string of the molecule is O=[N+]([O-])c1ccc2c(c1)CCN2F. The van der Waals surface area contributed by atoms with Gasteiger partial charge in [0.2, 0.25) is 0 Å². The molecule has 0 amide bonds. The van der Waals surface area contributed by atoms with Crippen LogP contribution in [0.25, 0.3) is 0 Å². The normalized spacial score (nSPS) is 14.4. The van der Waals surface area contributed by atoms with E-state index in [1.807, 2.05) is 0 Å². The molecule has 1 aliphatic rings. The molecule has 0 N–H and O–H groups in total. The van der Waals surface area contributed by atoms with Gasteiger partial charge in [-0.15, -0.1) is 0 Å². The molecule has 68 valence electrons. The van der Waals surface area contributed by atoms with Crippen molar-refractivity contribution in [3.8, 4) is 0 Å². The van der Waals surface area contributed by atoms with Crippen molar-refractivity contribution in [2.75, 3.05) is 11.7 Å². The highest BCUT2D eigenvalue weighted by molar-refractivity contribution is 5.59. The fraction of sp³-hybridized carbons (Fsp3) is 0.250. The largest absolute Gasteiger partial charge is 0.269 e. The lowest BCUT2D eigenvalue weighted by Gasteiger charge is -2.04. The molecule has 0 aromatic heterocycles. The number of hydrogen-bond donors (Lipinski definition) is 0. The van der Waals surface area contributed by atoms with E-state index in [0.717, 1.165) is 0 Å². The summed E-state index contributed by atoms with van der Waals surface area (Å²) in [5, 5.41) is 11.0. The molecular formula is C8H7FN2O2. The van der Waals surface area contributed by atoms with E-state index in [4.69, 9.17) is 0 Å². The number of benzene rings is 1. The first-order valence-corrected chi connectivity index (χ1v) is 3.89. The number of nitrogens with zero attached hydrogens (tertiary/aromatic N) is 2. The van der Waals surface area contributed by atoms with Gasteiger partial charge in [0.15, 0.2) is 0 Å². The lowest BCUT2D eigenvalue weighted by atomic mass is 10.1. The van der Waals surface area contributed by atoms with E-state index in [0.29, 0.717) is 22.8 Å². The Labute approximate surface area is 73.7 Å². The van der Waals surface area contributed by atoms with Crippen molar-refractivity contribution in [2.45, 2.75) is 6.42 Å². The van der Waals surface area contributed by atoms with Crippen LogP contribution in [0.15, 0.2) is 18.2 Å². The summed E-state index contributed by atoms with van der Waals surface area (Å²) >= 11 is 0. The number of rotatable bonds is 1. The van der Waals surface area contributed by atoms with Crippen molar-refractivity contribution in [1.29, 1.82) is 0 Å². The highest BCUT2D eigenvalue weighted by Crippen LogP contribution is 2.30. The molecule has 0 spiro atoms. The van der Waals surface area contributed by atoms with Gasteiger partial charge in [0.25, 0.3) is 5.69 Å². The van der Waals surface area contributed by atoms with Gasteiger partial charge in [0.05, 0.1) is 17.2 Å². The number of non-ortho nitro benzene ring substituents is 1. The number of nitro benzene ring substituents is 1. The van der Waals surface area contributed by atoms with Crippen LogP contribution in [-0.4, -0.2) is 11.5 Å². The Kier molecular flexibility index (Phi) is 1.65. The maximum Gasteiger partial charge on any atom is 0.269 e. The molecule has 1 aromatic carbocycles. The van der Waals surface area contributed by atoms with E-state index in [1.54, 1.807) is 0 Å². The highest BCUT2D eigenvalue weighted by Gasteiger charge is 2.21. The maximum absolute atomic E-state index is 12.9. The Hall–Kier alpha value is -1.65. The fourth-order valence-electron chi connectivity index (χ4n) is 1.46. The van der Waals surface area contributed by atoms with Crippen molar-refractivity contribution in [1.82, 2.24) is 0 Å². The van der Waals surface area contributed by atoms with E-state index in [9.17, 15) is 14.6 Å². The van der Waals surface area contributed by atoms with Crippen LogP contribution in [0, 0.1) is 10.1 Å². The first kappa shape index (κ1) is 7.97. The molecule has 1 aliphatic heterocycles. The predicted molar refractivity (Wildman–Crippen MR) is 45.3 cm³/mol. The van der Waals surface area contributed by atoms with E-state index in [1.165, 1.54) is 18.2 Å². The second-order valence-corrected chi connectivity index (χ2v) is 2.91. The molecule has 0 saturated heterocycles. The fourth-order valence-corrected chi connectivity index (χ4v) is 1.46. The molecule has 5 heteroatoms. The average Bonchev–Trinajstić information content (AvgIpc) is 2.47. The summed E-state index contributed by atoms with van der Waals surface area (Å²) in [7, 11) is 0. The Morgan fingerprint density at radius 1 is 1.54 bits per heavy atom. The zero-order valence-corrected chi connectivity index (χ0v) is 6.74. The van der Waals surface area contributed by atoms with Crippen molar-refractivity contribution < 1.29 is 9.40 Å².